The van der Waals surface area contributed by atoms with Gasteiger partial charge in [0.2, 0.25) is 5.91 Å². The molecule has 3 rings (SSSR count). The molecule has 1 aromatic heterocycles. The summed E-state index contributed by atoms with van der Waals surface area (Å²) in [4.78, 5) is 11.8. The lowest BCUT2D eigenvalue weighted by molar-refractivity contribution is -0.142. The molecule has 142 valence electrons. The van der Waals surface area contributed by atoms with E-state index in [-0.39, 0.29) is 36.5 Å². The first-order valence-corrected chi connectivity index (χ1v) is 7.77. The van der Waals surface area contributed by atoms with Crippen molar-refractivity contribution in [2.24, 2.45) is 0 Å². The highest BCUT2D eigenvalue weighted by Crippen LogP contribution is 2.30. The maximum atomic E-state index is 12.9. The van der Waals surface area contributed by atoms with E-state index in [1.54, 1.807) is 0 Å². The van der Waals surface area contributed by atoms with Crippen LogP contribution in [0.4, 0.5) is 18.9 Å². The molecule has 0 atom stereocenters. The molecule has 10 heteroatoms. The number of hydrogen-bond donors (Lipinski definition) is 2. The van der Waals surface area contributed by atoms with Crippen molar-refractivity contribution < 1.29 is 22.7 Å². The molecule has 0 spiro atoms. The van der Waals surface area contributed by atoms with Gasteiger partial charge in [-0.1, -0.05) is 0 Å². The number of amides is 1. The van der Waals surface area contributed by atoms with Crippen LogP contribution in [0, 0.1) is 0 Å². The monoisotopic (exact) mass is 390 g/mol. The van der Waals surface area contributed by atoms with Crippen LogP contribution in [0.5, 0.6) is 0 Å². The van der Waals surface area contributed by atoms with Crippen molar-refractivity contribution in [1.29, 1.82) is 0 Å². The lowest BCUT2D eigenvalue weighted by Gasteiger charge is -2.26. The predicted molar refractivity (Wildman–Crippen MR) is 91.7 cm³/mol. The Bertz CT molecular complexity index is 730. The summed E-state index contributed by atoms with van der Waals surface area (Å²) in [5.41, 5.74) is -0.0946. The Labute approximate surface area is 154 Å². The summed E-state index contributed by atoms with van der Waals surface area (Å²) in [5.74, 6) is -0.213. The van der Waals surface area contributed by atoms with Gasteiger partial charge in [-0.15, -0.1) is 12.4 Å². The maximum absolute atomic E-state index is 12.9. The van der Waals surface area contributed by atoms with Crippen molar-refractivity contribution in [1.82, 2.24) is 15.1 Å². The number of benzene rings is 1. The van der Waals surface area contributed by atoms with E-state index in [4.69, 9.17) is 4.74 Å². The molecule has 1 saturated heterocycles. The molecule has 1 aliphatic heterocycles. The van der Waals surface area contributed by atoms with Crippen LogP contribution in [-0.2, 0) is 15.7 Å². The third-order valence-corrected chi connectivity index (χ3v) is 3.76. The largest absolute Gasteiger partial charge is 0.433 e. The topological polar surface area (TPSA) is 68.2 Å². The maximum Gasteiger partial charge on any atom is 0.433 e. The SMILES string of the molecule is Cl.O=C(CCOC1CNC1)Nc1ccc(-n2nccc2C(F)(F)F)cc1. The van der Waals surface area contributed by atoms with Crippen LogP contribution in [0.1, 0.15) is 12.1 Å². The van der Waals surface area contributed by atoms with Crippen LogP contribution in [0.15, 0.2) is 36.5 Å². The van der Waals surface area contributed by atoms with E-state index in [2.05, 4.69) is 15.7 Å². The summed E-state index contributed by atoms with van der Waals surface area (Å²) in [6, 6.07) is 6.91. The van der Waals surface area contributed by atoms with E-state index in [1.807, 2.05) is 0 Å². The normalized spacial score (nSPS) is 14.4. The Kier molecular flexibility index (Phi) is 6.63. The van der Waals surface area contributed by atoms with Gasteiger partial charge in [-0.25, -0.2) is 4.68 Å². The van der Waals surface area contributed by atoms with Crippen molar-refractivity contribution in [2.75, 3.05) is 25.0 Å². The fraction of sp³-hybridized carbons (Fsp3) is 0.375. The van der Waals surface area contributed by atoms with Gasteiger partial charge in [-0.2, -0.15) is 18.3 Å². The van der Waals surface area contributed by atoms with E-state index in [1.165, 1.54) is 24.3 Å². The highest BCUT2D eigenvalue weighted by atomic mass is 35.5. The average Bonchev–Trinajstić information content (AvgIpc) is 3.00. The minimum atomic E-state index is -4.49. The Hall–Kier alpha value is -2.10. The number of carbonyl (C=O) groups excluding carboxylic acids is 1. The first-order chi connectivity index (χ1) is 11.9. The summed E-state index contributed by atoms with van der Waals surface area (Å²) >= 11 is 0. The summed E-state index contributed by atoms with van der Waals surface area (Å²) in [7, 11) is 0. The molecule has 2 aromatic rings. The number of aromatic nitrogens is 2. The van der Waals surface area contributed by atoms with Crippen molar-refractivity contribution >= 4 is 24.0 Å². The van der Waals surface area contributed by atoms with Gasteiger partial charge < -0.3 is 15.4 Å². The van der Waals surface area contributed by atoms with Gasteiger partial charge in [0.15, 0.2) is 0 Å². The summed E-state index contributed by atoms with van der Waals surface area (Å²) in [5, 5.41) is 9.45. The number of alkyl halides is 3. The van der Waals surface area contributed by atoms with E-state index in [0.717, 1.165) is 30.0 Å². The minimum absolute atomic E-state index is 0. The van der Waals surface area contributed by atoms with Crippen molar-refractivity contribution in [3.63, 3.8) is 0 Å². The van der Waals surface area contributed by atoms with Gasteiger partial charge in [0.1, 0.15) is 5.69 Å². The van der Waals surface area contributed by atoms with Gasteiger partial charge in [-0.3, -0.25) is 4.79 Å². The van der Waals surface area contributed by atoms with Crippen LogP contribution >= 0.6 is 12.4 Å². The second-order valence-corrected chi connectivity index (χ2v) is 5.62. The molecular weight excluding hydrogens is 373 g/mol. The van der Waals surface area contributed by atoms with E-state index in [9.17, 15) is 18.0 Å². The second-order valence-electron chi connectivity index (χ2n) is 5.62. The number of rotatable bonds is 6. The van der Waals surface area contributed by atoms with Crippen LogP contribution < -0.4 is 10.6 Å². The Balaban J connectivity index is 0.00000243. The zero-order valence-corrected chi connectivity index (χ0v) is 14.4. The van der Waals surface area contributed by atoms with Crippen LogP contribution in [0.25, 0.3) is 5.69 Å². The quantitative estimate of drug-likeness (QED) is 0.795. The molecule has 0 radical (unpaired) electrons. The van der Waals surface area contributed by atoms with Crippen LogP contribution in [-0.4, -0.2) is 41.5 Å². The number of anilines is 1. The van der Waals surface area contributed by atoms with Gasteiger partial charge in [0.05, 0.1) is 31.0 Å². The third kappa shape index (κ3) is 4.96. The molecule has 2 heterocycles. The number of nitrogens with zero attached hydrogens (tertiary/aromatic N) is 2. The number of ether oxygens (including phenoxy) is 1. The third-order valence-electron chi connectivity index (χ3n) is 3.76. The van der Waals surface area contributed by atoms with Crippen molar-refractivity contribution in [2.45, 2.75) is 18.7 Å². The molecule has 1 aromatic carbocycles. The van der Waals surface area contributed by atoms with E-state index in [0.29, 0.717) is 12.3 Å². The smallest absolute Gasteiger partial charge is 0.375 e. The predicted octanol–water partition coefficient (Wildman–Crippen LogP) is 2.63. The lowest BCUT2D eigenvalue weighted by Crippen LogP contribution is -2.48. The van der Waals surface area contributed by atoms with Crippen LogP contribution in [0.2, 0.25) is 0 Å². The fourth-order valence-corrected chi connectivity index (χ4v) is 2.33. The molecule has 1 fully saturated rings. The first kappa shape index (κ1) is 20.2. The summed E-state index contributed by atoms with van der Waals surface area (Å²) in [6.07, 6.45) is -3.01. The molecule has 0 saturated carbocycles. The molecular formula is C16H18ClF3N4O2. The molecule has 0 aliphatic carbocycles. The van der Waals surface area contributed by atoms with Gasteiger partial charge >= 0.3 is 6.18 Å². The zero-order chi connectivity index (χ0) is 17.9. The Morgan fingerprint density at radius 2 is 1.96 bits per heavy atom. The zero-order valence-electron chi connectivity index (χ0n) is 13.6. The molecule has 0 unspecified atom stereocenters. The summed E-state index contributed by atoms with van der Waals surface area (Å²) < 4.78 is 44.9. The lowest BCUT2D eigenvalue weighted by atomic mass is 10.2. The highest BCUT2D eigenvalue weighted by Gasteiger charge is 2.35. The fourth-order valence-electron chi connectivity index (χ4n) is 2.33. The number of halogens is 4. The second kappa shape index (κ2) is 8.52. The average molecular weight is 391 g/mol. The minimum Gasteiger partial charge on any atom is -0.375 e. The number of hydrogen-bond acceptors (Lipinski definition) is 4. The van der Waals surface area contributed by atoms with E-state index < -0.39 is 11.9 Å². The highest BCUT2D eigenvalue weighted by molar-refractivity contribution is 5.90. The van der Waals surface area contributed by atoms with E-state index >= 15 is 0 Å². The first-order valence-electron chi connectivity index (χ1n) is 7.77. The molecule has 26 heavy (non-hydrogen) atoms. The van der Waals surface area contributed by atoms with Gasteiger partial charge in [0.25, 0.3) is 0 Å². The van der Waals surface area contributed by atoms with Crippen molar-refractivity contribution in [3.05, 3.63) is 42.2 Å². The Morgan fingerprint density at radius 3 is 2.54 bits per heavy atom. The standard InChI is InChI=1S/C16H17F3N4O2.ClH/c17-16(18,19)14-5-7-21-23(14)12-3-1-11(2-4-12)22-15(24)6-8-25-13-9-20-10-13;/h1-5,7,13,20H,6,8-10H2,(H,22,24);1H. The van der Waals surface area contributed by atoms with Crippen molar-refractivity contribution in [3.8, 4) is 5.69 Å². The van der Waals surface area contributed by atoms with Gasteiger partial charge in [0, 0.05) is 18.8 Å². The summed E-state index contributed by atoms with van der Waals surface area (Å²) in [6.45, 7) is 1.94. The molecule has 1 amide bonds. The molecule has 0 bridgehead atoms. The number of nitrogens with one attached hydrogen (secondary N) is 2. The van der Waals surface area contributed by atoms with Gasteiger partial charge in [-0.05, 0) is 30.3 Å². The number of carbonyl (C=O) groups is 1. The molecule has 1 aliphatic rings. The Morgan fingerprint density at radius 1 is 1.27 bits per heavy atom. The van der Waals surface area contributed by atoms with Crippen LogP contribution in [0.3, 0.4) is 0 Å². The molecule has 6 nitrogen and oxygen atoms in total. The molecule has 2 N–H and O–H groups in total.